The molecule has 0 aliphatic carbocycles. The zero-order valence-corrected chi connectivity index (χ0v) is 13.2. The van der Waals surface area contributed by atoms with Gasteiger partial charge >= 0.3 is 0 Å². The molecule has 0 saturated carbocycles. The normalized spacial score (nSPS) is 17.8. The quantitative estimate of drug-likeness (QED) is 0.941. The molecule has 2 aromatic heterocycles. The molecule has 1 aliphatic heterocycles. The van der Waals surface area contributed by atoms with Crippen LogP contribution in [0.5, 0.6) is 0 Å². The van der Waals surface area contributed by atoms with Crippen LogP contribution in [0, 0.1) is 0 Å². The van der Waals surface area contributed by atoms with Crippen LogP contribution >= 0.6 is 11.3 Å². The number of fused-ring (bicyclic) bond motifs is 1. The number of nitrogens with two attached hydrogens (primary N) is 1. The SMILES string of the molecule is CCOCc1nc(N)cc(N2CCc3sccc3C2C)n1. The van der Waals surface area contributed by atoms with E-state index in [2.05, 4.69) is 33.2 Å². The van der Waals surface area contributed by atoms with Crippen molar-refractivity contribution in [3.8, 4) is 0 Å². The minimum absolute atomic E-state index is 0.314. The topological polar surface area (TPSA) is 64.3 Å². The van der Waals surface area contributed by atoms with Gasteiger partial charge in [-0.25, -0.2) is 9.97 Å². The van der Waals surface area contributed by atoms with E-state index < -0.39 is 0 Å². The van der Waals surface area contributed by atoms with Crippen molar-refractivity contribution in [1.82, 2.24) is 9.97 Å². The van der Waals surface area contributed by atoms with Crippen LogP contribution in [0.1, 0.15) is 36.2 Å². The van der Waals surface area contributed by atoms with E-state index in [1.165, 1.54) is 10.4 Å². The number of nitrogens with zero attached hydrogens (tertiary/aromatic N) is 3. The summed E-state index contributed by atoms with van der Waals surface area (Å²) in [6.45, 7) is 6.18. The summed E-state index contributed by atoms with van der Waals surface area (Å²) in [6.07, 6.45) is 1.06. The third kappa shape index (κ3) is 2.87. The lowest BCUT2D eigenvalue weighted by molar-refractivity contribution is 0.128. The number of ether oxygens (including phenoxy) is 1. The van der Waals surface area contributed by atoms with Gasteiger partial charge in [0.05, 0.1) is 6.04 Å². The average Bonchev–Trinajstić information content (AvgIpc) is 2.94. The fourth-order valence-electron chi connectivity index (χ4n) is 2.73. The molecular weight excluding hydrogens is 284 g/mol. The van der Waals surface area contributed by atoms with Crippen molar-refractivity contribution in [2.45, 2.75) is 32.9 Å². The van der Waals surface area contributed by atoms with Crippen LogP contribution in [-0.2, 0) is 17.8 Å². The third-order valence-corrected chi connectivity index (χ3v) is 4.78. The third-order valence-electron chi connectivity index (χ3n) is 3.79. The number of aromatic nitrogens is 2. The number of thiophene rings is 1. The minimum Gasteiger partial charge on any atom is -0.384 e. The van der Waals surface area contributed by atoms with Crippen LogP contribution in [0.25, 0.3) is 0 Å². The Labute approximate surface area is 128 Å². The van der Waals surface area contributed by atoms with Gasteiger partial charge in [-0.2, -0.15) is 0 Å². The Balaban J connectivity index is 1.88. The molecule has 0 radical (unpaired) electrons. The predicted octanol–water partition coefficient (Wildman–Crippen LogP) is 2.78. The van der Waals surface area contributed by atoms with Gasteiger partial charge in [0.1, 0.15) is 18.2 Å². The predicted molar refractivity (Wildman–Crippen MR) is 85.6 cm³/mol. The zero-order chi connectivity index (χ0) is 14.8. The first kappa shape index (κ1) is 14.3. The average molecular weight is 304 g/mol. The Kier molecular flexibility index (Phi) is 4.07. The van der Waals surface area contributed by atoms with Crippen LogP contribution in [0.15, 0.2) is 17.5 Å². The minimum atomic E-state index is 0.314. The number of rotatable bonds is 4. The molecule has 6 heteroatoms. The summed E-state index contributed by atoms with van der Waals surface area (Å²) in [5.74, 6) is 2.04. The van der Waals surface area contributed by atoms with Gasteiger partial charge in [0, 0.05) is 24.1 Å². The van der Waals surface area contributed by atoms with E-state index in [0.29, 0.717) is 30.9 Å². The fourth-order valence-corrected chi connectivity index (χ4v) is 3.69. The van der Waals surface area contributed by atoms with Gasteiger partial charge in [0.15, 0.2) is 5.82 Å². The van der Waals surface area contributed by atoms with E-state index in [1.54, 1.807) is 0 Å². The van der Waals surface area contributed by atoms with E-state index in [0.717, 1.165) is 18.8 Å². The summed E-state index contributed by atoms with van der Waals surface area (Å²) < 4.78 is 5.39. The molecule has 1 aliphatic rings. The summed E-state index contributed by atoms with van der Waals surface area (Å²) >= 11 is 1.84. The summed E-state index contributed by atoms with van der Waals surface area (Å²) in [5.41, 5.74) is 7.32. The maximum absolute atomic E-state index is 5.93. The molecule has 21 heavy (non-hydrogen) atoms. The lowest BCUT2D eigenvalue weighted by atomic mass is 10.0. The summed E-state index contributed by atoms with van der Waals surface area (Å²) in [4.78, 5) is 12.6. The van der Waals surface area contributed by atoms with Gasteiger partial charge in [-0.1, -0.05) is 0 Å². The van der Waals surface area contributed by atoms with Crippen molar-refractivity contribution in [3.05, 3.63) is 33.8 Å². The van der Waals surface area contributed by atoms with Crippen LogP contribution in [0.4, 0.5) is 11.6 Å². The molecule has 3 heterocycles. The van der Waals surface area contributed by atoms with Gasteiger partial charge in [-0.15, -0.1) is 11.3 Å². The number of nitrogen functional groups attached to an aromatic ring is 1. The molecule has 1 atom stereocenters. The van der Waals surface area contributed by atoms with Crippen LogP contribution in [-0.4, -0.2) is 23.1 Å². The number of hydrogen-bond donors (Lipinski definition) is 1. The van der Waals surface area contributed by atoms with Gasteiger partial charge in [-0.3, -0.25) is 0 Å². The maximum atomic E-state index is 5.93. The lowest BCUT2D eigenvalue weighted by Gasteiger charge is -2.34. The van der Waals surface area contributed by atoms with Crippen LogP contribution < -0.4 is 10.6 Å². The highest BCUT2D eigenvalue weighted by Crippen LogP contribution is 2.35. The first-order valence-electron chi connectivity index (χ1n) is 7.23. The molecule has 0 aromatic carbocycles. The molecule has 0 spiro atoms. The molecule has 2 aromatic rings. The van der Waals surface area contributed by atoms with Crippen molar-refractivity contribution >= 4 is 23.0 Å². The van der Waals surface area contributed by atoms with Crippen molar-refractivity contribution in [2.75, 3.05) is 23.8 Å². The molecule has 3 rings (SSSR count). The molecule has 0 amide bonds. The Hall–Kier alpha value is -1.66. The van der Waals surface area contributed by atoms with E-state index in [4.69, 9.17) is 10.5 Å². The second-order valence-corrected chi connectivity index (χ2v) is 6.12. The molecule has 1 unspecified atom stereocenters. The van der Waals surface area contributed by atoms with E-state index in [1.807, 2.05) is 24.3 Å². The molecule has 5 nitrogen and oxygen atoms in total. The van der Waals surface area contributed by atoms with E-state index >= 15 is 0 Å². The first-order valence-corrected chi connectivity index (χ1v) is 8.11. The largest absolute Gasteiger partial charge is 0.384 e. The zero-order valence-electron chi connectivity index (χ0n) is 12.4. The maximum Gasteiger partial charge on any atom is 0.158 e. The molecule has 2 N–H and O–H groups in total. The van der Waals surface area contributed by atoms with E-state index in [-0.39, 0.29) is 0 Å². The summed E-state index contributed by atoms with van der Waals surface area (Å²) in [6, 6.07) is 4.38. The highest BCUT2D eigenvalue weighted by Gasteiger charge is 2.26. The summed E-state index contributed by atoms with van der Waals surface area (Å²) in [5, 5.41) is 2.17. The van der Waals surface area contributed by atoms with Gasteiger partial charge in [0.2, 0.25) is 0 Å². The monoisotopic (exact) mass is 304 g/mol. The van der Waals surface area contributed by atoms with E-state index in [9.17, 15) is 0 Å². The van der Waals surface area contributed by atoms with Gasteiger partial charge in [0.25, 0.3) is 0 Å². The van der Waals surface area contributed by atoms with Gasteiger partial charge < -0.3 is 15.4 Å². The molecule has 0 bridgehead atoms. The second kappa shape index (κ2) is 5.99. The molecule has 0 saturated heterocycles. The Morgan fingerprint density at radius 1 is 1.48 bits per heavy atom. The van der Waals surface area contributed by atoms with Crippen LogP contribution in [0.3, 0.4) is 0 Å². The highest BCUT2D eigenvalue weighted by molar-refractivity contribution is 7.10. The molecule has 112 valence electrons. The Morgan fingerprint density at radius 3 is 3.14 bits per heavy atom. The number of hydrogen-bond acceptors (Lipinski definition) is 6. The standard InChI is InChI=1S/C15H20N4OS/c1-3-20-9-14-17-13(16)8-15(18-14)19-6-4-12-11(10(19)2)5-7-21-12/h5,7-8,10H,3-4,6,9H2,1-2H3,(H2,16,17,18). The lowest BCUT2D eigenvalue weighted by Crippen LogP contribution is -2.34. The molecular formula is C15H20N4OS. The fraction of sp³-hybridized carbons (Fsp3) is 0.467. The first-order chi connectivity index (χ1) is 10.2. The number of anilines is 2. The van der Waals surface area contributed by atoms with Gasteiger partial charge in [-0.05, 0) is 37.3 Å². The van der Waals surface area contributed by atoms with Crippen molar-refractivity contribution in [2.24, 2.45) is 0 Å². The smallest absolute Gasteiger partial charge is 0.158 e. The highest BCUT2D eigenvalue weighted by atomic mass is 32.1. The summed E-state index contributed by atoms with van der Waals surface area (Å²) in [7, 11) is 0. The Bertz CT molecular complexity index is 628. The van der Waals surface area contributed by atoms with Crippen LogP contribution in [0.2, 0.25) is 0 Å². The van der Waals surface area contributed by atoms with Crippen molar-refractivity contribution in [3.63, 3.8) is 0 Å². The molecule has 0 fully saturated rings. The van der Waals surface area contributed by atoms with Crippen molar-refractivity contribution < 1.29 is 4.74 Å². The Morgan fingerprint density at radius 2 is 2.33 bits per heavy atom. The van der Waals surface area contributed by atoms with Crippen molar-refractivity contribution in [1.29, 1.82) is 0 Å². The second-order valence-electron chi connectivity index (χ2n) is 5.12.